The fraction of sp³-hybridized carbons (Fsp3) is 0.894. The van der Waals surface area contributed by atoms with Gasteiger partial charge in [-0.2, -0.15) is 0 Å². The minimum absolute atomic E-state index is 0.00104. The molecule has 0 aliphatic heterocycles. The van der Waals surface area contributed by atoms with Crippen LogP contribution in [0.5, 0.6) is 0 Å². The number of unbranched alkanes of at least 4 members (excludes halogenated alkanes) is 15. The van der Waals surface area contributed by atoms with Gasteiger partial charge in [-0.3, -0.25) is 24.0 Å². The number of carbonyl (C=O) groups excluding carboxylic acids is 5. The number of ketones is 2. The fourth-order valence-electron chi connectivity index (χ4n) is 5.95. The molecule has 0 aliphatic carbocycles. The molecule has 14 nitrogen and oxygen atoms in total. The van der Waals surface area contributed by atoms with Crippen molar-refractivity contribution in [1.82, 2.24) is 16.0 Å². The minimum Gasteiger partial charge on any atom is -0.379 e. The van der Waals surface area contributed by atoms with Gasteiger partial charge in [0, 0.05) is 45.0 Å². The maximum Gasteiger partial charge on any atom is 0.246 e. The largest absolute Gasteiger partial charge is 0.379 e. The van der Waals surface area contributed by atoms with E-state index in [-0.39, 0.29) is 55.0 Å². The number of ether oxygens (including phenoxy) is 6. The Morgan fingerprint density at radius 3 is 1.31 bits per heavy atom. The highest BCUT2D eigenvalue weighted by molar-refractivity contribution is 5.79. The summed E-state index contributed by atoms with van der Waals surface area (Å²) in [5.41, 5.74) is 0. The Morgan fingerprint density at radius 1 is 0.410 bits per heavy atom. The van der Waals surface area contributed by atoms with Crippen molar-refractivity contribution in [3.05, 3.63) is 0 Å². The van der Waals surface area contributed by atoms with Crippen molar-refractivity contribution in [3.8, 4) is 0 Å². The van der Waals surface area contributed by atoms with E-state index in [1.54, 1.807) is 6.92 Å². The summed E-state index contributed by atoms with van der Waals surface area (Å²) in [5.74, 6) is 0.175. The van der Waals surface area contributed by atoms with Crippen molar-refractivity contribution in [3.63, 3.8) is 0 Å². The third kappa shape index (κ3) is 51.8. The third-order valence-electron chi connectivity index (χ3n) is 9.80. The molecule has 0 aromatic rings. The molecule has 0 radical (unpaired) electrons. The highest BCUT2D eigenvalue weighted by Crippen LogP contribution is 2.14. The molecule has 0 heterocycles. The molecule has 0 bridgehead atoms. The van der Waals surface area contributed by atoms with Crippen molar-refractivity contribution >= 4 is 29.3 Å². The molecule has 0 fully saturated rings. The number of carbonyl (C=O) groups is 5. The van der Waals surface area contributed by atoms with Gasteiger partial charge >= 0.3 is 0 Å². The molecule has 3 N–H and O–H groups in total. The van der Waals surface area contributed by atoms with E-state index in [1.807, 2.05) is 20.8 Å². The van der Waals surface area contributed by atoms with Gasteiger partial charge in [0.25, 0.3) is 0 Å². The molecule has 0 spiro atoms. The molecular weight excluding hydrogens is 783 g/mol. The first-order chi connectivity index (χ1) is 29.7. The van der Waals surface area contributed by atoms with E-state index >= 15 is 0 Å². The van der Waals surface area contributed by atoms with Gasteiger partial charge in [-0.1, -0.05) is 117 Å². The zero-order chi connectivity index (χ0) is 45.3. The second kappa shape index (κ2) is 50.2. The first kappa shape index (κ1) is 60.6. The molecule has 0 aromatic heterocycles. The van der Waals surface area contributed by atoms with Crippen LogP contribution < -0.4 is 16.0 Å². The molecule has 0 aromatic carbocycles. The van der Waals surface area contributed by atoms with Crippen LogP contribution in [-0.2, 0) is 52.4 Å². The fourth-order valence-corrected chi connectivity index (χ4v) is 5.95. The Labute approximate surface area is 371 Å². The summed E-state index contributed by atoms with van der Waals surface area (Å²) in [6.45, 7) is 15.2. The smallest absolute Gasteiger partial charge is 0.246 e. The second-order valence-electron chi connectivity index (χ2n) is 15.6. The Bertz CT molecular complexity index is 1020. The second-order valence-corrected chi connectivity index (χ2v) is 15.6. The summed E-state index contributed by atoms with van der Waals surface area (Å²) in [4.78, 5) is 57.3. The first-order valence-corrected chi connectivity index (χ1v) is 24.0. The maximum atomic E-state index is 11.8. The van der Waals surface area contributed by atoms with Crippen LogP contribution in [0.2, 0.25) is 0 Å². The number of Topliss-reactive ketones (excluding diaryl/α,β-unsaturated/α-hetero) is 2. The Kier molecular flexibility index (Phi) is 49.8. The van der Waals surface area contributed by atoms with E-state index < -0.39 is 0 Å². The first-order valence-electron chi connectivity index (χ1n) is 24.0. The van der Waals surface area contributed by atoms with Gasteiger partial charge in [-0.25, -0.2) is 0 Å². The van der Waals surface area contributed by atoms with Gasteiger partial charge in [0.15, 0.2) is 5.78 Å². The lowest BCUT2D eigenvalue weighted by atomic mass is 10.0. The van der Waals surface area contributed by atoms with Crippen molar-refractivity contribution in [2.24, 2.45) is 5.92 Å². The molecule has 0 unspecified atom stereocenters. The molecule has 0 rings (SSSR count). The van der Waals surface area contributed by atoms with E-state index in [0.29, 0.717) is 91.9 Å². The van der Waals surface area contributed by atoms with Crippen LogP contribution >= 0.6 is 0 Å². The quantitative estimate of drug-likeness (QED) is 0.0518. The van der Waals surface area contributed by atoms with Gasteiger partial charge in [-0.05, 0) is 39.5 Å². The summed E-state index contributed by atoms with van der Waals surface area (Å²) in [6, 6.07) is 0. The molecule has 14 heteroatoms. The Hall–Kier alpha value is -2.49. The molecule has 3 amide bonds. The monoisotopic (exact) mass is 874 g/mol. The predicted molar refractivity (Wildman–Crippen MR) is 243 cm³/mol. The van der Waals surface area contributed by atoms with Crippen molar-refractivity contribution in [1.29, 1.82) is 0 Å². The van der Waals surface area contributed by atoms with Gasteiger partial charge < -0.3 is 44.4 Å². The van der Waals surface area contributed by atoms with Gasteiger partial charge in [0.1, 0.15) is 25.6 Å². The van der Waals surface area contributed by atoms with Gasteiger partial charge in [0.2, 0.25) is 17.7 Å². The number of hydrogen-bond donors (Lipinski definition) is 3. The minimum atomic E-state index is -0.200. The molecule has 0 saturated carbocycles. The standard InChI is InChI=1S/C27H53NO4.C20H38N2O7/c1-3-5-6-7-8-9-10-11-12-13-14-15-16-17-18-20-27(30)28-21-22-31-23-24-32-25-26(29)19-4-2;1-4-26-11-13-28-16-20(25)22-9-10-27-12-14-29-15-19(24)21-8-6-5-7-17(2)18(3)23/h3-25H2,1-2H3,(H,28,30);17H,4-16H2,1-3H3,(H,21,24)(H,22,25)/t;17-/m.0/s1. The van der Waals surface area contributed by atoms with Crippen LogP contribution in [0.4, 0.5) is 0 Å². The molecule has 0 saturated heterocycles. The summed E-state index contributed by atoms with van der Waals surface area (Å²) >= 11 is 0. The number of hydrogen-bond acceptors (Lipinski definition) is 11. The van der Waals surface area contributed by atoms with Crippen molar-refractivity contribution in [2.45, 2.75) is 169 Å². The number of nitrogens with one attached hydrogen (secondary N) is 3. The van der Waals surface area contributed by atoms with E-state index in [0.717, 1.165) is 38.5 Å². The maximum absolute atomic E-state index is 11.8. The van der Waals surface area contributed by atoms with Crippen LogP contribution in [0.15, 0.2) is 0 Å². The van der Waals surface area contributed by atoms with Crippen LogP contribution in [0.3, 0.4) is 0 Å². The molecule has 360 valence electrons. The van der Waals surface area contributed by atoms with E-state index in [9.17, 15) is 24.0 Å². The predicted octanol–water partition coefficient (Wildman–Crippen LogP) is 7.47. The summed E-state index contributed by atoms with van der Waals surface area (Å²) in [5, 5.41) is 8.36. The Balaban J connectivity index is 0. The molecule has 1 atom stereocenters. The van der Waals surface area contributed by atoms with Crippen LogP contribution in [0.25, 0.3) is 0 Å². The van der Waals surface area contributed by atoms with Crippen molar-refractivity contribution in [2.75, 3.05) is 98.9 Å². The van der Waals surface area contributed by atoms with Crippen molar-refractivity contribution < 1.29 is 52.4 Å². The average Bonchev–Trinajstić information content (AvgIpc) is 3.24. The highest BCUT2D eigenvalue weighted by Gasteiger charge is 2.07. The topological polar surface area (TPSA) is 177 Å². The van der Waals surface area contributed by atoms with E-state index in [4.69, 9.17) is 28.4 Å². The molecule has 61 heavy (non-hydrogen) atoms. The van der Waals surface area contributed by atoms with Crippen LogP contribution in [0, 0.1) is 5.92 Å². The number of rotatable bonds is 46. The van der Waals surface area contributed by atoms with Crippen LogP contribution in [-0.4, -0.2) is 128 Å². The average molecular weight is 874 g/mol. The normalized spacial score (nSPS) is 11.4. The van der Waals surface area contributed by atoms with Gasteiger partial charge in [0.05, 0.1) is 52.9 Å². The van der Waals surface area contributed by atoms with Gasteiger partial charge in [-0.15, -0.1) is 0 Å². The summed E-state index contributed by atoms with van der Waals surface area (Å²) < 4.78 is 31.4. The summed E-state index contributed by atoms with van der Waals surface area (Å²) in [6.07, 6.45) is 24.7. The molecular formula is C47H91N3O11. The van der Waals surface area contributed by atoms with E-state index in [1.165, 1.54) is 83.5 Å². The van der Waals surface area contributed by atoms with E-state index in [2.05, 4.69) is 22.9 Å². The zero-order valence-electron chi connectivity index (χ0n) is 39.5. The SMILES string of the molecule is CCCCCCCCCCCCCCCCCC(=O)NCCOCCOCC(=O)CCC.CCOCCOCC(=O)NCCOCCOCC(=O)NCCCC[C@H](C)C(C)=O. The lowest BCUT2D eigenvalue weighted by molar-refractivity contribution is -0.127. The third-order valence-corrected chi connectivity index (χ3v) is 9.80. The zero-order valence-corrected chi connectivity index (χ0v) is 39.5. The summed E-state index contributed by atoms with van der Waals surface area (Å²) in [7, 11) is 0. The molecule has 0 aliphatic rings. The number of amides is 3. The lowest BCUT2D eigenvalue weighted by Gasteiger charge is -2.09. The lowest BCUT2D eigenvalue weighted by Crippen LogP contribution is -2.31. The van der Waals surface area contributed by atoms with Crippen LogP contribution in [0.1, 0.15) is 169 Å². The Morgan fingerprint density at radius 2 is 0.836 bits per heavy atom. The highest BCUT2D eigenvalue weighted by atomic mass is 16.5.